The quantitative estimate of drug-likeness (QED) is 0.764. The predicted molar refractivity (Wildman–Crippen MR) is 102 cm³/mol. The van der Waals surface area contributed by atoms with E-state index in [1.165, 1.54) is 16.6 Å². The van der Waals surface area contributed by atoms with Crippen LogP contribution in [0.2, 0.25) is 0 Å². The fraction of sp³-hybridized carbons (Fsp3) is 0.450. The lowest BCUT2D eigenvalue weighted by atomic mass is 10.0. The number of aromatic nitrogens is 4. The molecule has 3 heterocycles. The van der Waals surface area contributed by atoms with Gasteiger partial charge in [-0.25, -0.2) is 9.67 Å². The lowest BCUT2D eigenvalue weighted by Crippen LogP contribution is -2.32. The third-order valence-electron chi connectivity index (χ3n) is 5.08. The summed E-state index contributed by atoms with van der Waals surface area (Å²) in [6.07, 6.45) is 2.94. The molecule has 0 radical (unpaired) electrons. The van der Waals surface area contributed by atoms with Crippen LogP contribution in [0.3, 0.4) is 0 Å². The van der Waals surface area contributed by atoms with Crippen LogP contribution >= 0.6 is 0 Å². The molecule has 0 saturated heterocycles. The number of fused-ring (bicyclic) bond motifs is 2. The van der Waals surface area contributed by atoms with E-state index in [2.05, 4.69) is 47.4 Å². The lowest BCUT2D eigenvalue weighted by Gasteiger charge is -2.27. The number of rotatable bonds is 5. The van der Waals surface area contributed by atoms with Gasteiger partial charge in [-0.1, -0.05) is 25.1 Å². The van der Waals surface area contributed by atoms with Crippen LogP contribution in [0.15, 0.2) is 24.3 Å². The van der Waals surface area contributed by atoms with Gasteiger partial charge in [0.25, 0.3) is 0 Å². The fourth-order valence-corrected chi connectivity index (χ4v) is 3.84. The van der Waals surface area contributed by atoms with Crippen molar-refractivity contribution in [3.63, 3.8) is 0 Å². The number of aryl methyl sites for hydroxylation is 2. The van der Waals surface area contributed by atoms with Gasteiger partial charge in [0.2, 0.25) is 0 Å². The normalized spacial score (nSPS) is 16.7. The molecule has 0 spiro atoms. The first-order chi connectivity index (χ1) is 12.7. The molecule has 4 rings (SSSR count). The van der Waals surface area contributed by atoms with Gasteiger partial charge in [-0.15, -0.1) is 0 Å². The van der Waals surface area contributed by atoms with E-state index in [0.29, 0.717) is 12.6 Å². The summed E-state index contributed by atoms with van der Waals surface area (Å²) in [5.74, 6) is 1.82. The van der Waals surface area contributed by atoms with Crippen LogP contribution in [-0.4, -0.2) is 32.9 Å². The maximum absolute atomic E-state index is 5.16. The first-order valence-corrected chi connectivity index (χ1v) is 9.26. The number of nitrogens with zero attached hydrogens (tertiary/aromatic N) is 4. The standard InChI is InChI=1S/C20H25N5O/c1-4-15-13(2)21-17-8-6-5-7-16(17)20(15)22-14-9-10-19-23-18(12-26-3)24-25(19)11-14/h5-8,14H,4,9-12H2,1-3H3,(H,21,22). The third kappa shape index (κ3) is 3.05. The average molecular weight is 351 g/mol. The highest BCUT2D eigenvalue weighted by Gasteiger charge is 2.23. The molecule has 1 aromatic carbocycles. The average Bonchev–Trinajstić information content (AvgIpc) is 3.04. The molecule has 0 bridgehead atoms. The van der Waals surface area contributed by atoms with Gasteiger partial charge < -0.3 is 10.1 Å². The molecule has 6 nitrogen and oxygen atoms in total. The Kier molecular flexibility index (Phi) is 4.59. The van der Waals surface area contributed by atoms with Crippen molar-refractivity contribution in [1.29, 1.82) is 0 Å². The van der Waals surface area contributed by atoms with Gasteiger partial charge in [-0.05, 0) is 31.4 Å². The first-order valence-electron chi connectivity index (χ1n) is 9.26. The van der Waals surface area contributed by atoms with Crippen molar-refractivity contribution in [2.45, 2.75) is 52.3 Å². The fourth-order valence-electron chi connectivity index (χ4n) is 3.84. The molecule has 3 aromatic rings. The van der Waals surface area contributed by atoms with Gasteiger partial charge in [-0.3, -0.25) is 4.98 Å². The molecule has 136 valence electrons. The number of pyridine rings is 1. The molecule has 1 unspecified atom stereocenters. The maximum Gasteiger partial charge on any atom is 0.176 e. The summed E-state index contributed by atoms with van der Waals surface area (Å²) in [4.78, 5) is 9.35. The van der Waals surface area contributed by atoms with Crippen LogP contribution in [0.25, 0.3) is 10.9 Å². The number of ether oxygens (including phenoxy) is 1. The number of hydrogen-bond acceptors (Lipinski definition) is 5. The van der Waals surface area contributed by atoms with Crippen molar-refractivity contribution >= 4 is 16.6 Å². The highest BCUT2D eigenvalue weighted by Crippen LogP contribution is 2.30. The zero-order chi connectivity index (χ0) is 18.1. The Hall–Kier alpha value is -2.47. The van der Waals surface area contributed by atoms with E-state index in [-0.39, 0.29) is 0 Å². The first kappa shape index (κ1) is 17.0. The summed E-state index contributed by atoms with van der Waals surface area (Å²) in [5, 5.41) is 9.58. The monoisotopic (exact) mass is 351 g/mol. The van der Waals surface area contributed by atoms with Gasteiger partial charge >= 0.3 is 0 Å². The summed E-state index contributed by atoms with van der Waals surface area (Å²) in [7, 11) is 1.67. The molecule has 0 fully saturated rings. The number of methoxy groups -OCH3 is 1. The Bertz CT molecular complexity index is 933. The molecular formula is C20H25N5O. The van der Waals surface area contributed by atoms with E-state index in [0.717, 1.165) is 48.7 Å². The molecule has 1 aliphatic heterocycles. The van der Waals surface area contributed by atoms with E-state index >= 15 is 0 Å². The summed E-state index contributed by atoms with van der Waals surface area (Å²) >= 11 is 0. The second kappa shape index (κ2) is 7.03. The molecule has 6 heteroatoms. The summed E-state index contributed by atoms with van der Waals surface area (Å²) < 4.78 is 7.18. The number of nitrogens with one attached hydrogen (secondary N) is 1. The van der Waals surface area contributed by atoms with Crippen LogP contribution in [0.1, 0.15) is 36.3 Å². The van der Waals surface area contributed by atoms with Gasteiger partial charge in [0.15, 0.2) is 5.82 Å². The van der Waals surface area contributed by atoms with Crippen molar-refractivity contribution in [2.75, 3.05) is 12.4 Å². The van der Waals surface area contributed by atoms with E-state index in [9.17, 15) is 0 Å². The molecule has 1 atom stereocenters. The van der Waals surface area contributed by atoms with Crippen LogP contribution in [0, 0.1) is 6.92 Å². The van der Waals surface area contributed by atoms with Crippen molar-refractivity contribution in [2.24, 2.45) is 0 Å². The van der Waals surface area contributed by atoms with Gasteiger partial charge in [0, 0.05) is 36.3 Å². The number of benzene rings is 1. The largest absolute Gasteiger partial charge is 0.380 e. The van der Waals surface area contributed by atoms with Crippen molar-refractivity contribution in [1.82, 2.24) is 19.7 Å². The zero-order valence-corrected chi connectivity index (χ0v) is 15.6. The highest BCUT2D eigenvalue weighted by atomic mass is 16.5. The smallest absolute Gasteiger partial charge is 0.176 e. The topological polar surface area (TPSA) is 64.9 Å². The van der Waals surface area contributed by atoms with Crippen molar-refractivity contribution < 1.29 is 4.74 Å². The Morgan fingerprint density at radius 2 is 2.12 bits per heavy atom. The summed E-state index contributed by atoms with van der Waals surface area (Å²) in [6.45, 7) is 5.58. The molecule has 0 aliphatic carbocycles. The Balaban J connectivity index is 1.65. The predicted octanol–water partition coefficient (Wildman–Crippen LogP) is 3.27. The van der Waals surface area contributed by atoms with Crippen molar-refractivity contribution in [3.05, 3.63) is 47.2 Å². The molecular weight excluding hydrogens is 326 g/mol. The number of hydrogen-bond donors (Lipinski definition) is 1. The summed E-state index contributed by atoms with van der Waals surface area (Å²) in [6, 6.07) is 8.70. The Labute approximate surface area is 153 Å². The number of anilines is 1. The molecule has 1 aliphatic rings. The molecule has 26 heavy (non-hydrogen) atoms. The molecule has 0 amide bonds. The van der Waals surface area contributed by atoms with Crippen LogP contribution in [0.4, 0.5) is 5.69 Å². The maximum atomic E-state index is 5.16. The second-order valence-corrected chi connectivity index (χ2v) is 6.86. The minimum Gasteiger partial charge on any atom is -0.380 e. The van der Waals surface area contributed by atoms with Crippen LogP contribution in [-0.2, 0) is 30.7 Å². The SMILES string of the molecule is CCc1c(C)nc2ccccc2c1NC1CCc2nc(COC)nn2C1. The molecule has 1 N–H and O–H groups in total. The van der Waals surface area contributed by atoms with Crippen LogP contribution in [0.5, 0.6) is 0 Å². The van der Waals surface area contributed by atoms with Crippen molar-refractivity contribution in [3.8, 4) is 0 Å². The third-order valence-corrected chi connectivity index (χ3v) is 5.08. The zero-order valence-electron chi connectivity index (χ0n) is 15.6. The van der Waals surface area contributed by atoms with Gasteiger partial charge in [-0.2, -0.15) is 5.10 Å². The highest BCUT2D eigenvalue weighted by molar-refractivity contribution is 5.93. The van der Waals surface area contributed by atoms with Crippen LogP contribution < -0.4 is 5.32 Å². The van der Waals surface area contributed by atoms with E-state index in [4.69, 9.17) is 9.72 Å². The van der Waals surface area contributed by atoms with E-state index < -0.39 is 0 Å². The van der Waals surface area contributed by atoms with Gasteiger partial charge in [0.1, 0.15) is 12.4 Å². The Morgan fingerprint density at radius 3 is 2.92 bits per heavy atom. The minimum atomic E-state index is 0.329. The van der Waals surface area contributed by atoms with E-state index in [1.807, 2.05) is 10.7 Å². The molecule has 0 saturated carbocycles. The Morgan fingerprint density at radius 1 is 1.27 bits per heavy atom. The second-order valence-electron chi connectivity index (χ2n) is 6.86. The minimum absolute atomic E-state index is 0.329. The summed E-state index contributed by atoms with van der Waals surface area (Å²) in [5.41, 5.74) is 4.67. The lowest BCUT2D eigenvalue weighted by molar-refractivity contribution is 0.177. The van der Waals surface area contributed by atoms with Gasteiger partial charge in [0.05, 0.1) is 12.1 Å². The molecule has 2 aromatic heterocycles. The number of para-hydroxylation sites is 1. The van der Waals surface area contributed by atoms with E-state index in [1.54, 1.807) is 7.11 Å².